The Morgan fingerprint density at radius 1 is 1.35 bits per heavy atom. The highest BCUT2D eigenvalue weighted by atomic mass is 16.1. The molecule has 0 bridgehead atoms. The Balaban J connectivity index is 2.32. The van der Waals surface area contributed by atoms with Crippen molar-refractivity contribution in [2.75, 3.05) is 0 Å². The van der Waals surface area contributed by atoms with Gasteiger partial charge in [0.05, 0.1) is 6.20 Å². The fraction of sp³-hybridized carbons (Fsp3) is 0.286. The molecule has 0 unspecified atom stereocenters. The zero-order chi connectivity index (χ0) is 12.3. The zero-order valence-corrected chi connectivity index (χ0v) is 10.2. The number of carbonyl (C=O) groups excluding carboxylic acids is 1. The van der Waals surface area contributed by atoms with Gasteiger partial charge in [-0.25, -0.2) is 0 Å². The Morgan fingerprint density at radius 3 is 2.88 bits per heavy atom. The Kier molecular flexibility index (Phi) is 3.38. The minimum absolute atomic E-state index is 0.0906. The van der Waals surface area contributed by atoms with Crippen LogP contribution < -0.4 is 0 Å². The lowest BCUT2D eigenvalue weighted by atomic mass is 10.0. The first-order chi connectivity index (χ1) is 8.20. The predicted molar refractivity (Wildman–Crippen MR) is 68.0 cm³/mol. The highest BCUT2D eigenvalue weighted by Gasteiger charge is 2.04. The van der Waals surface area contributed by atoms with Gasteiger partial charge < -0.3 is 0 Å². The van der Waals surface area contributed by atoms with E-state index in [0.717, 1.165) is 29.7 Å². The van der Waals surface area contributed by atoms with Gasteiger partial charge in [-0.15, -0.1) is 0 Å². The fourth-order valence-corrected chi connectivity index (χ4v) is 1.78. The minimum Gasteiger partial charge on any atom is -0.295 e. The van der Waals surface area contributed by atoms with Gasteiger partial charge in [0.25, 0.3) is 0 Å². The Morgan fingerprint density at radius 2 is 2.18 bits per heavy atom. The molecule has 17 heavy (non-hydrogen) atoms. The Labute approximate surface area is 101 Å². The largest absolute Gasteiger partial charge is 0.295 e. The molecule has 1 heterocycles. The molecule has 2 rings (SSSR count). The van der Waals surface area contributed by atoms with Gasteiger partial charge in [-0.1, -0.05) is 25.1 Å². The van der Waals surface area contributed by atoms with Crippen LogP contribution in [-0.4, -0.2) is 15.6 Å². The van der Waals surface area contributed by atoms with Crippen LogP contribution in [0.25, 0.3) is 11.1 Å². The first kappa shape index (κ1) is 11.6. The van der Waals surface area contributed by atoms with Crippen LogP contribution in [0.5, 0.6) is 0 Å². The summed E-state index contributed by atoms with van der Waals surface area (Å²) in [4.78, 5) is 11.3. The van der Waals surface area contributed by atoms with Gasteiger partial charge in [0, 0.05) is 23.9 Å². The topological polar surface area (TPSA) is 34.9 Å². The molecular formula is C14H16N2O. The van der Waals surface area contributed by atoms with Crippen LogP contribution >= 0.6 is 0 Å². The Bertz CT molecular complexity index is 529. The molecular weight excluding hydrogens is 212 g/mol. The fourth-order valence-electron chi connectivity index (χ4n) is 1.78. The van der Waals surface area contributed by atoms with E-state index in [2.05, 4.69) is 12.0 Å². The maximum Gasteiger partial charge on any atom is 0.159 e. The lowest BCUT2D eigenvalue weighted by molar-refractivity contribution is 0.101. The number of hydrogen-bond donors (Lipinski definition) is 0. The molecule has 0 saturated heterocycles. The first-order valence-corrected chi connectivity index (χ1v) is 5.84. The van der Waals surface area contributed by atoms with Crippen LogP contribution in [0.1, 0.15) is 30.6 Å². The highest BCUT2D eigenvalue weighted by Crippen LogP contribution is 2.20. The second kappa shape index (κ2) is 4.95. The monoisotopic (exact) mass is 228 g/mol. The van der Waals surface area contributed by atoms with E-state index >= 15 is 0 Å². The molecule has 0 fully saturated rings. The molecule has 0 spiro atoms. The van der Waals surface area contributed by atoms with Crippen molar-refractivity contribution in [3.8, 4) is 11.1 Å². The third-order valence-electron chi connectivity index (χ3n) is 2.69. The molecule has 0 aliphatic carbocycles. The van der Waals surface area contributed by atoms with Crippen LogP contribution in [0.3, 0.4) is 0 Å². The summed E-state index contributed by atoms with van der Waals surface area (Å²) in [7, 11) is 0. The molecule has 0 amide bonds. The molecule has 0 N–H and O–H groups in total. The van der Waals surface area contributed by atoms with E-state index in [1.165, 1.54) is 0 Å². The second-order valence-electron chi connectivity index (χ2n) is 4.13. The second-order valence-corrected chi connectivity index (χ2v) is 4.13. The third kappa shape index (κ3) is 2.61. The maximum atomic E-state index is 11.3. The quantitative estimate of drug-likeness (QED) is 0.753. The van der Waals surface area contributed by atoms with Gasteiger partial charge in [0.2, 0.25) is 0 Å². The van der Waals surface area contributed by atoms with Crippen molar-refractivity contribution in [2.24, 2.45) is 0 Å². The van der Waals surface area contributed by atoms with E-state index in [1.54, 1.807) is 6.92 Å². The number of hydrogen-bond acceptors (Lipinski definition) is 2. The summed E-state index contributed by atoms with van der Waals surface area (Å²) in [6, 6.07) is 7.65. The van der Waals surface area contributed by atoms with Crippen LogP contribution in [0.2, 0.25) is 0 Å². The molecule has 2 aromatic rings. The SMILES string of the molecule is CCCn1cc(-c2cccc(C(C)=O)c2)cn1. The molecule has 3 nitrogen and oxygen atoms in total. The summed E-state index contributed by atoms with van der Waals surface area (Å²) in [5.41, 5.74) is 2.84. The van der Waals surface area contributed by atoms with Crippen molar-refractivity contribution in [3.63, 3.8) is 0 Å². The van der Waals surface area contributed by atoms with Crippen molar-refractivity contribution >= 4 is 5.78 Å². The van der Waals surface area contributed by atoms with Crippen LogP contribution in [-0.2, 0) is 6.54 Å². The normalized spacial score (nSPS) is 10.5. The van der Waals surface area contributed by atoms with Gasteiger partial charge in [0.1, 0.15) is 0 Å². The lowest BCUT2D eigenvalue weighted by Gasteiger charge is -2.00. The number of rotatable bonds is 4. The average Bonchev–Trinajstić information content (AvgIpc) is 2.78. The summed E-state index contributed by atoms with van der Waals surface area (Å²) in [6.45, 7) is 4.63. The summed E-state index contributed by atoms with van der Waals surface area (Å²) >= 11 is 0. The van der Waals surface area contributed by atoms with E-state index in [-0.39, 0.29) is 5.78 Å². The summed E-state index contributed by atoms with van der Waals surface area (Å²) in [6.07, 6.45) is 4.92. The number of aryl methyl sites for hydroxylation is 1. The highest BCUT2D eigenvalue weighted by molar-refractivity contribution is 5.95. The first-order valence-electron chi connectivity index (χ1n) is 5.84. The molecule has 0 aliphatic rings. The van der Waals surface area contributed by atoms with Crippen molar-refractivity contribution in [1.82, 2.24) is 9.78 Å². The lowest BCUT2D eigenvalue weighted by Crippen LogP contribution is -1.95. The number of carbonyl (C=O) groups is 1. The number of nitrogens with zero attached hydrogens (tertiary/aromatic N) is 2. The Hall–Kier alpha value is -1.90. The maximum absolute atomic E-state index is 11.3. The molecule has 3 heteroatoms. The number of Topliss-reactive ketones (excluding diaryl/α,β-unsaturated/α-hetero) is 1. The summed E-state index contributed by atoms with van der Waals surface area (Å²) in [5, 5.41) is 4.29. The molecule has 0 saturated carbocycles. The van der Waals surface area contributed by atoms with Crippen molar-refractivity contribution < 1.29 is 4.79 Å². The van der Waals surface area contributed by atoms with Gasteiger partial charge in [-0.3, -0.25) is 9.48 Å². The smallest absolute Gasteiger partial charge is 0.159 e. The number of benzene rings is 1. The van der Waals surface area contributed by atoms with E-state index in [0.29, 0.717) is 0 Å². The van der Waals surface area contributed by atoms with Gasteiger partial charge in [0.15, 0.2) is 5.78 Å². The van der Waals surface area contributed by atoms with E-state index in [9.17, 15) is 4.79 Å². The zero-order valence-electron chi connectivity index (χ0n) is 10.2. The van der Waals surface area contributed by atoms with E-state index in [1.807, 2.05) is 41.3 Å². The van der Waals surface area contributed by atoms with Crippen LogP contribution in [0.15, 0.2) is 36.7 Å². The molecule has 1 aromatic carbocycles. The van der Waals surface area contributed by atoms with Crippen LogP contribution in [0.4, 0.5) is 0 Å². The summed E-state index contributed by atoms with van der Waals surface area (Å²) < 4.78 is 1.93. The average molecular weight is 228 g/mol. The van der Waals surface area contributed by atoms with Gasteiger partial charge >= 0.3 is 0 Å². The number of aromatic nitrogens is 2. The minimum atomic E-state index is 0.0906. The number of ketones is 1. The van der Waals surface area contributed by atoms with E-state index < -0.39 is 0 Å². The molecule has 0 radical (unpaired) electrons. The molecule has 0 aliphatic heterocycles. The van der Waals surface area contributed by atoms with Crippen molar-refractivity contribution in [2.45, 2.75) is 26.8 Å². The van der Waals surface area contributed by atoms with E-state index in [4.69, 9.17) is 0 Å². The molecule has 88 valence electrons. The van der Waals surface area contributed by atoms with Crippen molar-refractivity contribution in [3.05, 3.63) is 42.2 Å². The summed E-state index contributed by atoms with van der Waals surface area (Å²) in [5.74, 6) is 0.0906. The third-order valence-corrected chi connectivity index (χ3v) is 2.69. The van der Waals surface area contributed by atoms with Gasteiger partial charge in [-0.05, 0) is 25.0 Å². The van der Waals surface area contributed by atoms with Crippen molar-refractivity contribution in [1.29, 1.82) is 0 Å². The molecule has 1 aromatic heterocycles. The predicted octanol–water partition coefficient (Wildman–Crippen LogP) is 3.16. The standard InChI is InChI=1S/C14H16N2O/c1-3-7-16-10-14(9-15-16)13-6-4-5-12(8-13)11(2)17/h4-6,8-10H,3,7H2,1-2H3. The van der Waals surface area contributed by atoms with Gasteiger partial charge in [-0.2, -0.15) is 5.10 Å². The van der Waals surface area contributed by atoms with Crippen LogP contribution in [0, 0.1) is 0 Å². The molecule has 0 atom stereocenters.